The first-order valence-electron chi connectivity index (χ1n) is 10.6. The molecule has 1 fully saturated rings. The monoisotopic (exact) mass is 458 g/mol. The lowest BCUT2D eigenvalue weighted by atomic mass is 10.1. The van der Waals surface area contributed by atoms with E-state index < -0.39 is 15.6 Å². The second-order valence-corrected chi connectivity index (χ2v) is 10.8. The van der Waals surface area contributed by atoms with E-state index in [0.29, 0.717) is 29.4 Å². The second-order valence-electron chi connectivity index (χ2n) is 9.12. The van der Waals surface area contributed by atoms with Crippen molar-refractivity contribution in [2.45, 2.75) is 49.7 Å². The molecule has 1 atom stereocenters. The highest BCUT2D eigenvalue weighted by molar-refractivity contribution is 7.89. The van der Waals surface area contributed by atoms with Crippen molar-refractivity contribution in [1.29, 1.82) is 0 Å². The zero-order valence-electron chi connectivity index (χ0n) is 18.5. The number of hydrogen-bond donors (Lipinski definition) is 1. The number of carbonyl (C=O) groups is 1. The number of nitrogens with zero attached hydrogens (tertiary/aromatic N) is 5. The number of benzene rings is 1. The molecule has 1 aromatic carbocycles. The minimum atomic E-state index is -3.75. The van der Waals surface area contributed by atoms with Crippen molar-refractivity contribution in [3.63, 3.8) is 0 Å². The molecule has 1 amide bonds. The average molecular weight is 459 g/mol. The Bertz CT molecular complexity index is 1330. The molecule has 5 rings (SSSR count). The van der Waals surface area contributed by atoms with Crippen LogP contribution in [-0.2, 0) is 30.7 Å². The molecule has 10 nitrogen and oxygen atoms in total. The number of amides is 1. The number of aliphatic imine (C=N–C) groups is 1. The molecule has 11 heteroatoms. The fourth-order valence-corrected chi connectivity index (χ4v) is 5.72. The van der Waals surface area contributed by atoms with Gasteiger partial charge in [-0.3, -0.25) is 28.8 Å². The van der Waals surface area contributed by atoms with E-state index in [1.807, 2.05) is 18.7 Å². The molecule has 2 aliphatic heterocycles. The Hall–Kier alpha value is -2.92. The van der Waals surface area contributed by atoms with Gasteiger partial charge in [-0.2, -0.15) is 0 Å². The topological polar surface area (TPSA) is 109 Å². The minimum absolute atomic E-state index is 0.0184. The Morgan fingerprint density at radius 3 is 2.50 bits per heavy atom. The highest BCUT2D eigenvalue weighted by atomic mass is 32.2. The van der Waals surface area contributed by atoms with Crippen LogP contribution in [0.1, 0.15) is 42.7 Å². The lowest BCUT2D eigenvalue weighted by molar-refractivity contribution is 0.0830. The van der Waals surface area contributed by atoms with Crippen LogP contribution >= 0.6 is 0 Å². The van der Waals surface area contributed by atoms with Crippen molar-refractivity contribution in [2.24, 2.45) is 19.1 Å². The summed E-state index contributed by atoms with van der Waals surface area (Å²) in [6, 6.07) is 6.19. The Balaban J connectivity index is 1.57. The summed E-state index contributed by atoms with van der Waals surface area (Å²) >= 11 is 0. The molecule has 2 aromatic rings. The van der Waals surface area contributed by atoms with Crippen LogP contribution in [0.15, 0.2) is 38.9 Å². The van der Waals surface area contributed by atoms with Crippen LogP contribution < -0.4 is 15.2 Å². The van der Waals surface area contributed by atoms with Crippen molar-refractivity contribution in [3.05, 3.63) is 45.9 Å². The Morgan fingerprint density at radius 1 is 1.16 bits per heavy atom. The van der Waals surface area contributed by atoms with Crippen molar-refractivity contribution in [1.82, 2.24) is 19.0 Å². The normalized spacial score (nSPS) is 21.4. The van der Waals surface area contributed by atoms with E-state index in [1.54, 1.807) is 30.9 Å². The van der Waals surface area contributed by atoms with Crippen LogP contribution in [0.4, 0.5) is 5.69 Å². The number of aromatic nitrogens is 2. The summed E-state index contributed by atoms with van der Waals surface area (Å²) in [5, 5.41) is 0. The predicted octanol–water partition coefficient (Wildman–Crippen LogP) is 0.775. The summed E-state index contributed by atoms with van der Waals surface area (Å²) < 4.78 is 31.7. The van der Waals surface area contributed by atoms with Crippen molar-refractivity contribution >= 4 is 27.6 Å². The van der Waals surface area contributed by atoms with Crippen molar-refractivity contribution < 1.29 is 13.2 Å². The maximum Gasteiger partial charge on any atom is 0.266 e. The van der Waals surface area contributed by atoms with Crippen molar-refractivity contribution in [3.8, 4) is 0 Å². The number of sulfonamides is 1. The molecular formula is C21H26N6O4S. The van der Waals surface area contributed by atoms with Crippen LogP contribution in [0.2, 0.25) is 0 Å². The minimum Gasteiger partial charge on any atom is -0.307 e. The second kappa shape index (κ2) is 6.79. The van der Waals surface area contributed by atoms with E-state index in [0.717, 1.165) is 12.8 Å². The van der Waals surface area contributed by atoms with Gasteiger partial charge in [0, 0.05) is 25.7 Å². The van der Waals surface area contributed by atoms with Crippen LogP contribution in [0.25, 0.3) is 0 Å². The van der Waals surface area contributed by atoms with Gasteiger partial charge in [-0.1, -0.05) is 0 Å². The standard InChI is InChI=1S/C21H26N6O4S/c1-13-11-22-20-26(12-14-9-18(28)25(4)24(14)3)19(29)16-10-15(5-6-17(16)27(13)20)32(30,31)23-21(2)7-8-21/h5-6,9-10,13,23H,7-8,11-12H2,1-4H3/t13-/m1/s1. The molecule has 1 aliphatic carbocycles. The number of nitrogens with one attached hydrogen (secondary N) is 1. The molecule has 3 heterocycles. The van der Waals surface area contributed by atoms with Crippen LogP contribution in [0, 0.1) is 0 Å². The van der Waals surface area contributed by atoms with Crippen LogP contribution in [0.5, 0.6) is 0 Å². The Kier molecular flexibility index (Phi) is 4.44. The zero-order chi connectivity index (χ0) is 23.0. The molecule has 3 aliphatic rings. The van der Waals surface area contributed by atoms with E-state index in [9.17, 15) is 18.0 Å². The first kappa shape index (κ1) is 21.0. The molecule has 170 valence electrons. The van der Waals surface area contributed by atoms with Gasteiger partial charge >= 0.3 is 0 Å². The van der Waals surface area contributed by atoms with Crippen LogP contribution in [0.3, 0.4) is 0 Å². The van der Waals surface area contributed by atoms with Crippen molar-refractivity contribution in [2.75, 3.05) is 11.4 Å². The molecule has 1 N–H and O–H groups in total. The first-order chi connectivity index (χ1) is 15.0. The van der Waals surface area contributed by atoms with Gasteiger partial charge in [0.05, 0.1) is 41.0 Å². The third kappa shape index (κ3) is 3.18. The molecule has 1 saturated carbocycles. The molecule has 1 aromatic heterocycles. The summed E-state index contributed by atoms with van der Waals surface area (Å²) in [4.78, 5) is 33.7. The van der Waals surface area contributed by atoms with E-state index in [4.69, 9.17) is 0 Å². The van der Waals surface area contributed by atoms with E-state index in [-0.39, 0.29) is 28.9 Å². The molecule has 32 heavy (non-hydrogen) atoms. The third-order valence-electron chi connectivity index (χ3n) is 6.58. The SMILES string of the molecule is C[C@@H]1CN=C2N(Cc3cc(=O)n(C)n3C)C(=O)c3cc(S(=O)(=O)NC4(C)CC4)ccc3N21. The summed E-state index contributed by atoms with van der Waals surface area (Å²) in [5.74, 6) is 0.181. The average Bonchev–Trinajstić information content (AvgIpc) is 3.24. The molecule has 0 radical (unpaired) electrons. The number of rotatable bonds is 5. The maximum atomic E-state index is 13.6. The van der Waals surface area contributed by atoms with Crippen LogP contribution in [-0.4, -0.2) is 52.7 Å². The number of hydrogen-bond acceptors (Lipinski definition) is 6. The summed E-state index contributed by atoms with van der Waals surface area (Å²) in [7, 11) is -0.339. The van der Waals surface area contributed by atoms with Gasteiger partial charge in [-0.05, 0) is 44.9 Å². The molecule has 0 bridgehead atoms. The van der Waals surface area contributed by atoms with Gasteiger partial charge < -0.3 is 4.90 Å². The molecule has 0 spiro atoms. The highest BCUT2D eigenvalue weighted by Crippen LogP contribution is 2.38. The molecular weight excluding hydrogens is 432 g/mol. The summed E-state index contributed by atoms with van der Waals surface area (Å²) in [6.45, 7) is 4.55. The van der Waals surface area contributed by atoms with Gasteiger partial charge in [-0.15, -0.1) is 0 Å². The highest BCUT2D eigenvalue weighted by Gasteiger charge is 2.43. The lowest BCUT2D eigenvalue weighted by Crippen LogP contribution is -2.52. The van der Waals surface area contributed by atoms with Gasteiger partial charge in [0.15, 0.2) is 0 Å². The van der Waals surface area contributed by atoms with E-state index in [2.05, 4.69) is 9.71 Å². The maximum absolute atomic E-state index is 13.6. The molecule has 0 unspecified atom stereocenters. The number of carbonyl (C=O) groups excluding carboxylic acids is 1. The van der Waals surface area contributed by atoms with Gasteiger partial charge in [0.1, 0.15) is 0 Å². The lowest BCUT2D eigenvalue weighted by Gasteiger charge is -2.38. The largest absolute Gasteiger partial charge is 0.307 e. The fourth-order valence-electron chi connectivity index (χ4n) is 4.22. The number of anilines is 1. The third-order valence-corrected chi connectivity index (χ3v) is 8.22. The predicted molar refractivity (Wildman–Crippen MR) is 119 cm³/mol. The number of guanidine groups is 1. The van der Waals surface area contributed by atoms with Gasteiger partial charge in [-0.25, -0.2) is 13.1 Å². The summed E-state index contributed by atoms with van der Waals surface area (Å²) in [6.07, 6.45) is 1.59. The summed E-state index contributed by atoms with van der Waals surface area (Å²) in [5.41, 5.74) is 1.03. The van der Waals surface area contributed by atoms with Gasteiger partial charge in [0.25, 0.3) is 11.5 Å². The Labute approximate surface area is 186 Å². The van der Waals surface area contributed by atoms with E-state index in [1.165, 1.54) is 21.7 Å². The number of fused-ring (bicyclic) bond motifs is 3. The molecule has 0 saturated heterocycles. The Morgan fingerprint density at radius 2 is 1.88 bits per heavy atom. The quantitative estimate of drug-likeness (QED) is 0.712. The first-order valence-corrected chi connectivity index (χ1v) is 12.0. The van der Waals surface area contributed by atoms with E-state index >= 15 is 0 Å². The zero-order valence-corrected chi connectivity index (χ0v) is 19.3. The fraction of sp³-hybridized carbons (Fsp3) is 0.476. The van der Waals surface area contributed by atoms with Gasteiger partial charge in [0.2, 0.25) is 16.0 Å². The smallest absolute Gasteiger partial charge is 0.266 e.